The summed E-state index contributed by atoms with van der Waals surface area (Å²) in [5.41, 5.74) is 3.76. The first-order valence-electron chi connectivity index (χ1n) is 8.21. The Hall–Kier alpha value is -3.16. The highest BCUT2D eigenvalue weighted by Gasteiger charge is 2.13. The lowest BCUT2D eigenvalue weighted by molar-refractivity contribution is 0.0955. The summed E-state index contributed by atoms with van der Waals surface area (Å²) >= 11 is 6.01. The fraction of sp³-hybridized carbons (Fsp3) is 0. The summed E-state index contributed by atoms with van der Waals surface area (Å²) in [6.45, 7) is 0. The highest BCUT2D eigenvalue weighted by Crippen LogP contribution is 2.16. The maximum Gasteiger partial charge on any atom is 0.271 e. The third kappa shape index (κ3) is 4.97. The number of hydrogen-bond acceptors (Lipinski definition) is 4. The van der Waals surface area contributed by atoms with E-state index in [2.05, 4.69) is 15.2 Å². The Morgan fingerprint density at radius 2 is 1.54 bits per heavy atom. The molecule has 0 saturated heterocycles. The summed E-state index contributed by atoms with van der Waals surface area (Å²) in [6, 6.07) is 21.1. The van der Waals surface area contributed by atoms with Crippen LogP contribution in [0.4, 0.5) is 5.69 Å². The molecule has 0 aliphatic heterocycles. The van der Waals surface area contributed by atoms with Crippen LogP contribution in [-0.4, -0.2) is 20.5 Å². The van der Waals surface area contributed by atoms with Crippen LogP contribution in [0, 0.1) is 0 Å². The molecule has 28 heavy (non-hydrogen) atoms. The van der Waals surface area contributed by atoms with Crippen molar-refractivity contribution in [3.8, 4) is 0 Å². The molecule has 2 N–H and O–H groups in total. The molecule has 142 valence electrons. The number of benzene rings is 3. The Morgan fingerprint density at radius 3 is 2.21 bits per heavy atom. The molecule has 0 unspecified atom stereocenters. The monoisotopic (exact) mass is 413 g/mol. The first kappa shape index (κ1) is 19.6. The van der Waals surface area contributed by atoms with Gasteiger partial charge in [-0.2, -0.15) is 5.10 Å². The van der Waals surface area contributed by atoms with Gasteiger partial charge in [0.25, 0.3) is 15.9 Å². The van der Waals surface area contributed by atoms with Gasteiger partial charge in [-0.25, -0.2) is 13.8 Å². The second kappa shape index (κ2) is 8.69. The number of hydrazone groups is 1. The maximum atomic E-state index is 12.3. The van der Waals surface area contributed by atoms with Crippen LogP contribution < -0.4 is 10.1 Å². The fourth-order valence-corrected chi connectivity index (χ4v) is 3.57. The van der Waals surface area contributed by atoms with Crippen LogP contribution in [0.1, 0.15) is 15.9 Å². The van der Waals surface area contributed by atoms with E-state index in [4.69, 9.17) is 11.6 Å². The number of carbonyl (C=O) groups is 1. The summed E-state index contributed by atoms with van der Waals surface area (Å²) < 4.78 is 27.1. The third-order valence-electron chi connectivity index (χ3n) is 3.73. The molecule has 1 amide bonds. The molecule has 0 fully saturated rings. The molecule has 6 nitrogen and oxygen atoms in total. The SMILES string of the molecule is O=C(N/N=C/c1ccccc1Cl)c1ccc(NS(=O)(=O)c2ccccc2)cc1. The van der Waals surface area contributed by atoms with Gasteiger partial charge in [-0.05, 0) is 42.5 Å². The molecule has 3 rings (SSSR count). The Labute approximate surface area is 167 Å². The van der Waals surface area contributed by atoms with Crippen molar-refractivity contribution < 1.29 is 13.2 Å². The second-order valence-electron chi connectivity index (χ2n) is 5.72. The Morgan fingerprint density at radius 1 is 0.893 bits per heavy atom. The van der Waals surface area contributed by atoms with Crippen LogP contribution in [0.3, 0.4) is 0 Å². The van der Waals surface area contributed by atoms with E-state index in [1.54, 1.807) is 36.4 Å². The smallest absolute Gasteiger partial charge is 0.271 e. The summed E-state index contributed by atoms with van der Waals surface area (Å²) in [5, 5.41) is 4.40. The quantitative estimate of drug-likeness (QED) is 0.474. The predicted molar refractivity (Wildman–Crippen MR) is 110 cm³/mol. The summed E-state index contributed by atoms with van der Waals surface area (Å²) in [7, 11) is -3.68. The number of hydrogen-bond donors (Lipinski definition) is 2. The first-order chi connectivity index (χ1) is 13.5. The molecule has 0 heterocycles. The first-order valence-corrected chi connectivity index (χ1v) is 10.1. The molecule has 0 bridgehead atoms. The molecule has 0 radical (unpaired) electrons. The van der Waals surface area contributed by atoms with Crippen molar-refractivity contribution in [3.63, 3.8) is 0 Å². The molecule has 0 spiro atoms. The van der Waals surface area contributed by atoms with Gasteiger partial charge in [0, 0.05) is 21.8 Å². The van der Waals surface area contributed by atoms with E-state index in [-0.39, 0.29) is 4.90 Å². The van der Waals surface area contributed by atoms with E-state index in [1.807, 2.05) is 6.07 Å². The molecule has 0 aliphatic carbocycles. The number of rotatable bonds is 6. The van der Waals surface area contributed by atoms with Crippen LogP contribution >= 0.6 is 11.6 Å². The van der Waals surface area contributed by atoms with Crippen molar-refractivity contribution in [2.45, 2.75) is 4.90 Å². The van der Waals surface area contributed by atoms with Gasteiger partial charge in [0.05, 0.1) is 11.1 Å². The van der Waals surface area contributed by atoms with E-state index in [1.165, 1.54) is 42.6 Å². The lowest BCUT2D eigenvalue weighted by Gasteiger charge is -2.08. The zero-order valence-corrected chi connectivity index (χ0v) is 16.1. The van der Waals surface area contributed by atoms with E-state index in [9.17, 15) is 13.2 Å². The lowest BCUT2D eigenvalue weighted by atomic mass is 10.2. The molecule has 0 aromatic heterocycles. The van der Waals surface area contributed by atoms with Gasteiger partial charge >= 0.3 is 0 Å². The number of carbonyl (C=O) groups excluding carboxylic acids is 1. The van der Waals surface area contributed by atoms with Gasteiger partial charge in [-0.1, -0.05) is 48.0 Å². The topological polar surface area (TPSA) is 87.6 Å². The minimum atomic E-state index is -3.68. The van der Waals surface area contributed by atoms with Crippen molar-refractivity contribution in [1.82, 2.24) is 5.43 Å². The average molecular weight is 414 g/mol. The van der Waals surface area contributed by atoms with Gasteiger partial charge in [0.1, 0.15) is 0 Å². The lowest BCUT2D eigenvalue weighted by Crippen LogP contribution is -2.18. The molecule has 8 heteroatoms. The fourth-order valence-electron chi connectivity index (χ4n) is 2.31. The summed E-state index contributed by atoms with van der Waals surface area (Å²) in [6.07, 6.45) is 1.45. The molecular formula is C20H16ClN3O3S. The third-order valence-corrected chi connectivity index (χ3v) is 5.47. The molecule has 0 saturated carbocycles. The maximum absolute atomic E-state index is 12.3. The van der Waals surface area contributed by atoms with Crippen LogP contribution in [0.2, 0.25) is 5.02 Å². The van der Waals surface area contributed by atoms with Gasteiger partial charge < -0.3 is 0 Å². The minimum absolute atomic E-state index is 0.158. The second-order valence-corrected chi connectivity index (χ2v) is 7.81. The number of nitrogens with one attached hydrogen (secondary N) is 2. The van der Waals surface area contributed by atoms with Crippen LogP contribution in [-0.2, 0) is 10.0 Å². The molecule has 3 aromatic rings. The van der Waals surface area contributed by atoms with E-state index < -0.39 is 15.9 Å². The zero-order valence-electron chi connectivity index (χ0n) is 14.5. The van der Waals surface area contributed by atoms with Crippen LogP contribution in [0.5, 0.6) is 0 Å². The number of nitrogens with zero attached hydrogens (tertiary/aromatic N) is 1. The largest absolute Gasteiger partial charge is 0.280 e. The summed E-state index contributed by atoms with van der Waals surface area (Å²) in [5.74, 6) is -0.430. The Kier molecular flexibility index (Phi) is 6.08. The van der Waals surface area contributed by atoms with Gasteiger partial charge in [-0.15, -0.1) is 0 Å². The van der Waals surface area contributed by atoms with Crippen molar-refractivity contribution in [1.29, 1.82) is 0 Å². The number of amides is 1. The molecular weight excluding hydrogens is 398 g/mol. The highest BCUT2D eigenvalue weighted by molar-refractivity contribution is 7.92. The highest BCUT2D eigenvalue weighted by atomic mass is 35.5. The van der Waals surface area contributed by atoms with Gasteiger partial charge in [0.15, 0.2) is 0 Å². The molecule has 0 atom stereocenters. The minimum Gasteiger partial charge on any atom is -0.280 e. The van der Waals surface area contributed by atoms with Crippen molar-refractivity contribution >= 4 is 39.4 Å². The number of halogens is 1. The van der Waals surface area contributed by atoms with Crippen molar-refractivity contribution in [2.75, 3.05) is 4.72 Å². The van der Waals surface area contributed by atoms with Gasteiger partial charge in [0.2, 0.25) is 0 Å². The van der Waals surface area contributed by atoms with E-state index in [0.29, 0.717) is 21.8 Å². The molecule has 0 aliphatic rings. The zero-order chi connectivity index (χ0) is 20.0. The van der Waals surface area contributed by atoms with E-state index in [0.717, 1.165) is 0 Å². The predicted octanol–water partition coefficient (Wildman–Crippen LogP) is 3.90. The Balaban J connectivity index is 1.64. The van der Waals surface area contributed by atoms with E-state index >= 15 is 0 Å². The van der Waals surface area contributed by atoms with Gasteiger partial charge in [-0.3, -0.25) is 9.52 Å². The van der Waals surface area contributed by atoms with Crippen LogP contribution in [0.15, 0.2) is 88.9 Å². The Bertz CT molecular complexity index is 1100. The standard InChI is InChI=1S/C20H16ClN3O3S/c21-19-9-5-4-6-16(19)14-22-23-20(25)15-10-12-17(13-11-15)24-28(26,27)18-7-2-1-3-8-18/h1-14,24H,(H,23,25)/b22-14+. The summed E-state index contributed by atoms with van der Waals surface area (Å²) in [4.78, 5) is 12.3. The number of anilines is 1. The molecule has 3 aromatic carbocycles. The van der Waals surface area contributed by atoms with Crippen molar-refractivity contribution in [3.05, 3.63) is 95.0 Å². The van der Waals surface area contributed by atoms with Crippen molar-refractivity contribution in [2.24, 2.45) is 5.10 Å². The van der Waals surface area contributed by atoms with Crippen LogP contribution in [0.25, 0.3) is 0 Å². The normalized spacial score (nSPS) is 11.3. The average Bonchev–Trinajstić information content (AvgIpc) is 2.70. The number of sulfonamides is 1.